The van der Waals surface area contributed by atoms with Gasteiger partial charge in [0.15, 0.2) is 0 Å². The zero-order valence-electron chi connectivity index (χ0n) is 10.1. The van der Waals surface area contributed by atoms with Gasteiger partial charge in [-0.25, -0.2) is 0 Å². The van der Waals surface area contributed by atoms with Crippen LogP contribution in [0.25, 0.3) is 0 Å². The molecule has 1 heterocycles. The Balaban J connectivity index is 1.86. The average molecular weight is 250 g/mol. The van der Waals surface area contributed by atoms with Crippen LogP contribution in [0.4, 0.5) is 0 Å². The van der Waals surface area contributed by atoms with E-state index in [4.69, 9.17) is 0 Å². The molecule has 1 amide bonds. The maximum absolute atomic E-state index is 10.6. The fraction of sp³-hybridized carbons (Fsp3) is 0.462. The Kier molecular flexibility index (Phi) is 4.45. The molecule has 1 aliphatic rings. The molecule has 1 fully saturated rings. The number of hydrogen-bond donors (Lipinski definition) is 0. The van der Waals surface area contributed by atoms with E-state index in [1.807, 2.05) is 4.90 Å². The minimum absolute atomic E-state index is 0.854. The first-order chi connectivity index (χ1) is 8.31. The van der Waals surface area contributed by atoms with Crippen molar-refractivity contribution in [2.24, 2.45) is 0 Å². The van der Waals surface area contributed by atoms with Crippen molar-refractivity contribution in [2.45, 2.75) is 11.4 Å². The second-order valence-corrected chi connectivity index (χ2v) is 5.15. The lowest BCUT2D eigenvalue weighted by atomic mass is 10.2. The van der Waals surface area contributed by atoms with Crippen LogP contribution >= 0.6 is 11.8 Å². The van der Waals surface area contributed by atoms with E-state index in [1.165, 1.54) is 10.5 Å². The third kappa shape index (κ3) is 3.48. The van der Waals surface area contributed by atoms with Crippen molar-refractivity contribution in [3.8, 4) is 0 Å². The summed E-state index contributed by atoms with van der Waals surface area (Å²) < 4.78 is 0. The minimum atomic E-state index is 0.854. The van der Waals surface area contributed by atoms with Crippen molar-refractivity contribution in [3.05, 3.63) is 29.8 Å². The fourth-order valence-electron chi connectivity index (χ4n) is 2.02. The van der Waals surface area contributed by atoms with Crippen LogP contribution in [0.3, 0.4) is 0 Å². The van der Waals surface area contributed by atoms with Crippen molar-refractivity contribution in [3.63, 3.8) is 0 Å². The van der Waals surface area contributed by atoms with Gasteiger partial charge in [-0.05, 0) is 24.0 Å². The number of rotatable bonds is 4. The highest BCUT2D eigenvalue weighted by Crippen LogP contribution is 2.16. The van der Waals surface area contributed by atoms with Crippen LogP contribution in [0, 0.1) is 0 Å². The molecule has 0 saturated carbocycles. The number of thioether (sulfide) groups is 1. The number of nitrogens with zero attached hydrogens (tertiary/aromatic N) is 2. The van der Waals surface area contributed by atoms with E-state index in [2.05, 4.69) is 35.4 Å². The molecule has 0 aromatic heterocycles. The normalized spacial score (nSPS) is 17.1. The second kappa shape index (κ2) is 6.07. The van der Waals surface area contributed by atoms with Crippen LogP contribution in [0.5, 0.6) is 0 Å². The van der Waals surface area contributed by atoms with Crippen molar-refractivity contribution < 1.29 is 4.79 Å². The molecule has 0 spiro atoms. The fourth-order valence-corrected chi connectivity index (χ4v) is 2.42. The largest absolute Gasteiger partial charge is 0.343 e. The van der Waals surface area contributed by atoms with Gasteiger partial charge in [0, 0.05) is 37.6 Å². The van der Waals surface area contributed by atoms with Crippen molar-refractivity contribution in [1.82, 2.24) is 9.80 Å². The van der Waals surface area contributed by atoms with Crippen LogP contribution < -0.4 is 0 Å². The van der Waals surface area contributed by atoms with Crippen LogP contribution in [-0.4, -0.2) is 48.6 Å². The van der Waals surface area contributed by atoms with Crippen molar-refractivity contribution in [1.29, 1.82) is 0 Å². The maximum atomic E-state index is 10.6. The molecule has 4 heteroatoms. The molecule has 0 aliphatic carbocycles. The quantitative estimate of drug-likeness (QED) is 0.600. The molecule has 1 aliphatic heterocycles. The van der Waals surface area contributed by atoms with E-state index in [0.29, 0.717) is 0 Å². The van der Waals surface area contributed by atoms with E-state index in [9.17, 15) is 4.79 Å². The van der Waals surface area contributed by atoms with Crippen molar-refractivity contribution >= 4 is 18.2 Å². The molecule has 0 radical (unpaired) electrons. The Morgan fingerprint density at radius 2 is 1.82 bits per heavy atom. The highest BCUT2D eigenvalue weighted by atomic mass is 32.2. The van der Waals surface area contributed by atoms with Crippen LogP contribution in [0.1, 0.15) is 5.56 Å². The van der Waals surface area contributed by atoms with Gasteiger partial charge in [0.25, 0.3) is 0 Å². The van der Waals surface area contributed by atoms with Crippen LogP contribution in [0.15, 0.2) is 29.2 Å². The molecule has 1 aromatic carbocycles. The molecular weight excluding hydrogens is 232 g/mol. The topological polar surface area (TPSA) is 23.6 Å². The summed E-state index contributed by atoms with van der Waals surface area (Å²) in [6.45, 7) is 4.65. The summed E-state index contributed by atoms with van der Waals surface area (Å²) >= 11 is 1.77. The molecule has 1 saturated heterocycles. The number of carbonyl (C=O) groups is 1. The van der Waals surface area contributed by atoms with Gasteiger partial charge >= 0.3 is 0 Å². The Labute approximate surface area is 107 Å². The predicted molar refractivity (Wildman–Crippen MR) is 71.1 cm³/mol. The highest BCUT2D eigenvalue weighted by Gasteiger charge is 2.14. The van der Waals surface area contributed by atoms with Crippen LogP contribution in [-0.2, 0) is 11.3 Å². The van der Waals surface area contributed by atoms with Crippen molar-refractivity contribution in [2.75, 3.05) is 32.4 Å². The lowest BCUT2D eigenvalue weighted by Gasteiger charge is -2.32. The van der Waals surface area contributed by atoms with Gasteiger partial charge in [0.1, 0.15) is 0 Å². The van der Waals surface area contributed by atoms with Gasteiger partial charge in [-0.2, -0.15) is 0 Å². The molecule has 92 valence electrons. The molecule has 2 rings (SSSR count). The summed E-state index contributed by atoms with van der Waals surface area (Å²) in [5.74, 6) is 0. The molecular formula is C13H18N2OS. The first kappa shape index (κ1) is 12.5. The first-order valence-corrected chi connectivity index (χ1v) is 7.09. The first-order valence-electron chi connectivity index (χ1n) is 5.86. The summed E-state index contributed by atoms with van der Waals surface area (Å²) in [6, 6.07) is 8.72. The summed E-state index contributed by atoms with van der Waals surface area (Å²) in [5.41, 5.74) is 1.35. The molecule has 0 N–H and O–H groups in total. The lowest BCUT2D eigenvalue weighted by Crippen LogP contribution is -2.45. The predicted octanol–water partition coefficient (Wildman–Crippen LogP) is 1.68. The zero-order valence-corrected chi connectivity index (χ0v) is 10.9. The van der Waals surface area contributed by atoms with E-state index in [0.717, 1.165) is 39.1 Å². The van der Waals surface area contributed by atoms with Gasteiger partial charge in [0.2, 0.25) is 6.41 Å². The third-order valence-corrected chi connectivity index (χ3v) is 3.86. The molecule has 17 heavy (non-hydrogen) atoms. The average Bonchev–Trinajstić information content (AvgIpc) is 2.40. The number of hydrogen-bond acceptors (Lipinski definition) is 3. The number of amides is 1. The van der Waals surface area contributed by atoms with Gasteiger partial charge in [-0.3, -0.25) is 9.69 Å². The molecule has 3 nitrogen and oxygen atoms in total. The smallest absolute Gasteiger partial charge is 0.209 e. The Hall–Kier alpha value is -1.00. The maximum Gasteiger partial charge on any atom is 0.209 e. The summed E-state index contributed by atoms with van der Waals surface area (Å²) in [5, 5.41) is 0. The van der Waals surface area contributed by atoms with Gasteiger partial charge in [-0.1, -0.05) is 12.1 Å². The Bertz CT molecular complexity index is 358. The molecule has 0 atom stereocenters. The van der Waals surface area contributed by atoms with Gasteiger partial charge in [0.05, 0.1) is 0 Å². The molecule has 0 bridgehead atoms. The summed E-state index contributed by atoms with van der Waals surface area (Å²) in [6.07, 6.45) is 3.04. The van der Waals surface area contributed by atoms with E-state index >= 15 is 0 Å². The standard InChI is InChI=1S/C13H18N2OS/c1-17-13-4-2-12(3-5-13)10-14-6-8-15(11-16)9-7-14/h2-5,11H,6-10H2,1H3. The lowest BCUT2D eigenvalue weighted by molar-refractivity contribution is -0.119. The highest BCUT2D eigenvalue weighted by molar-refractivity contribution is 7.98. The van der Waals surface area contributed by atoms with Crippen LogP contribution in [0.2, 0.25) is 0 Å². The monoisotopic (exact) mass is 250 g/mol. The second-order valence-electron chi connectivity index (χ2n) is 4.27. The summed E-state index contributed by atoms with van der Waals surface area (Å²) in [4.78, 5) is 16.1. The molecule has 1 aromatic rings. The Morgan fingerprint density at radius 1 is 1.18 bits per heavy atom. The van der Waals surface area contributed by atoms with E-state index in [1.54, 1.807) is 11.8 Å². The SMILES string of the molecule is CSc1ccc(CN2CCN(C=O)CC2)cc1. The van der Waals surface area contributed by atoms with Gasteiger partial charge < -0.3 is 4.90 Å². The van der Waals surface area contributed by atoms with E-state index in [-0.39, 0.29) is 0 Å². The minimum Gasteiger partial charge on any atom is -0.343 e. The third-order valence-electron chi connectivity index (χ3n) is 3.12. The number of piperazine rings is 1. The van der Waals surface area contributed by atoms with Gasteiger partial charge in [-0.15, -0.1) is 11.8 Å². The zero-order chi connectivity index (χ0) is 12.1. The van der Waals surface area contributed by atoms with E-state index < -0.39 is 0 Å². The number of carbonyl (C=O) groups excluding carboxylic acids is 1. The molecule has 0 unspecified atom stereocenters. The Morgan fingerprint density at radius 3 is 2.35 bits per heavy atom. The summed E-state index contributed by atoms with van der Waals surface area (Å²) in [7, 11) is 0. The number of benzene rings is 1.